The summed E-state index contributed by atoms with van der Waals surface area (Å²) in [6, 6.07) is 0. The van der Waals surface area contributed by atoms with E-state index in [1.165, 1.54) is 0 Å². The lowest BCUT2D eigenvalue weighted by atomic mass is 10.3. The van der Waals surface area contributed by atoms with Crippen LogP contribution in [0.15, 0.2) is 0 Å². The van der Waals surface area contributed by atoms with Crippen molar-refractivity contribution in [3.05, 3.63) is 0 Å². The summed E-state index contributed by atoms with van der Waals surface area (Å²) in [6.07, 6.45) is 0.819. The molecule has 0 aromatic heterocycles. The van der Waals surface area contributed by atoms with Gasteiger partial charge in [-0.05, 0) is 6.92 Å². The smallest absolute Gasteiger partial charge is 0.0960 e. The van der Waals surface area contributed by atoms with Crippen LogP contribution in [0.2, 0.25) is 0 Å². The largest absolute Gasteiger partial charge is 0.369 e. The fourth-order valence-corrected chi connectivity index (χ4v) is 0.478. The molecule has 2 atom stereocenters. The van der Waals surface area contributed by atoms with E-state index in [1.54, 1.807) is 0 Å². The minimum absolute atomic E-state index is 0.380. The predicted octanol–water partition coefficient (Wildman–Crippen LogP) is -0.268. The van der Waals surface area contributed by atoms with Gasteiger partial charge in [-0.25, -0.2) is 0 Å². The fraction of sp³-hybridized carbons (Fsp3) is 1.00. The van der Waals surface area contributed by atoms with Crippen LogP contribution in [0, 0.1) is 0 Å². The summed E-state index contributed by atoms with van der Waals surface area (Å²) in [7, 11) is 0. The van der Waals surface area contributed by atoms with E-state index in [1.807, 2.05) is 6.92 Å². The van der Waals surface area contributed by atoms with Gasteiger partial charge in [-0.2, -0.15) is 0 Å². The Morgan fingerprint density at radius 2 is 2.33 bits per heavy atom. The first kappa shape index (κ1) is 4.09. The zero-order valence-corrected chi connectivity index (χ0v) is 3.85. The lowest BCUT2D eigenvalue weighted by molar-refractivity contribution is 0.381. The topological polar surface area (TPSA) is 38.5 Å². The summed E-state index contributed by atoms with van der Waals surface area (Å²) in [6.45, 7) is 2.71. The minimum atomic E-state index is 0.380. The Balaban J connectivity index is 2.09. The second-order valence-electron chi connectivity index (χ2n) is 1.62. The Kier molecular flexibility index (Phi) is 0.821. The van der Waals surface area contributed by atoms with Crippen molar-refractivity contribution in [2.45, 2.75) is 19.1 Å². The molecule has 6 heavy (non-hydrogen) atoms. The Morgan fingerprint density at radius 1 is 1.83 bits per heavy atom. The van der Waals surface area contributed by atoms with Crippen LogP contribution in [0.3, 0.4) is 0 Å². The summed E-state index contributed by atoms with van der Waals surface area (Å²) in [4.78, 5) is 0. The van der Waals surface area contributed by atoms with Crippen molar-refractivity contribution in [2.75, 3.05) is 6.54 Å². The highest BCUT2D eigenvalue weighted by atomic mass is 16.6. The van der Waals surface area contributed by atoms with Crippen LogP contribution < -0.4 is 5.73 Å². The summed E-state index contributed by atoms with van der Waals surface area (Å²) >= 11 is 0. The van der Waals surface area contributed by atoms with Crippen molar-refractivity contribution in [2.24, 2.45) is 5.73 Å². The molecule has 1 rings (SSSR count). The monoisotopic (exact) mass is 87.1 g/mol. The molecular formula is C4H9NO. The molecule has 1 saturated heterocycles. The third-order valence-electron chi connectivity index (χ3n) is 1.07. The number of hydrogen-bond acceptors (Lipinski definition) is 2. The maximum absolute atomic E-state index is 5.20. The van der Waals surface area contributed by atoms with Gasteiger partial charge in [0, 0.05) is 6.54 Å². The minimum Gasteiger partial charge on any atom is -0.369 e. The van der Waals surface area contributed by atoms with E-state index < -0.39 is 0 Å². The highest BCUT2D eigenvalue weighted by Crippen LogP contribution is 2.18. The van der Waals surface area contributed by atoms with Crippen LogP contribution in [0.4, 0.5) is 0 Å². The maximum atomic E-state index is 5.20. The highest BCUT2D eigenvalue weighted by Gasteiger charge is 2.31. The molecule has 2 nitrogen and oxygen atoms in total. The molecular weight excluding hydrogens is 78.0 g/mol. The van der Waals surface area contributed by atoms with E-state index in [-0.39, 0.29) is 0 Å². The van der Waals surface area contributed by atoms with Gasteiger partial charge in [0.1, 0.15) is 0 Å². The SMILES string of the molecule is CC1OC1CN. The van der Waals surface area contributed by atoms with E-state index in [0.717, 1.165) is 0 Å². The fourth-order valence-electron chi connectivity index (χ4n) is 0.478. The van der Waals surface area contributed by atoms with Gasteiger partial charge in [0.05, 0.1) is 12.2 Å². The molecule has 0 aliphatic carbocycles. The summed E-state index contributed by atoms with van der Waals surface area (Å²) in [5.41, 5.74) is 5.20. The third-order valence-corrected chi connectivity index (χ3v) is 1.07. The molecule has 1 fully saturated rings. The average molecular weight is 87.1 g/mol. The van der Waals surface area contributed by atoms with E-state index in [2.05, 4.69) is 0 Å². The molecule has 0 aromatic carbocycles. The van der Waals surface area contributed by atoms with Crippen molar-refractivity contribution < 1.29 is 4.74 Å². The number of ether oxygens (including phenoxy) is 1. The van der Waals surface area contributed by atoms with Crippen molar-refractivity contribution in [1.29, 1.82) is 0 Å². The number of rotatable bonds is 1. The van der Waals surface area contributed by atoms with Gasteiger partial charge in [0.2, 0.25) is 0 Å². The van der Waals surface area contributed by atoms with Gasteiger partial charge in [-0.1, -0.05) is 0 Å². The van der Waals surface area contributed by atoms with E-state index >= 15 is 0 Å². The standard InChI is InChI=1S/C4H9NO/c1-3-4(2-5)6-3/h3-4H,2,5H2,1H3. The zero-order valence-electron chi connectivity index (χ0n) is 3.85. The van der Waals surface area contributed by atoms with Crippen molar-refractivity contribution >= 4 is 0 Å². The third kappa shape index (κ3) is 0.533. The average Bonchev–Trinajstić information content (AvgIpc) is 2.19. The Bertz CT molecular complexity index is 53.5. The van der Waals surface area contributed by atoms with Crippen molar-refractivity contribution in [1.82, 2.24) is 0 Å². The summed E-state index contributed by atoms with van der Waals surface area (Å²) in [5, 5.41) is 0. The molecule has 36 valence electrons. The quantitative estimate of drug-likeness (QED) is 0.447. The number of hydrogen-bond donors (Lipinski definition) is 1. The van der Waals surface area contributed by atoms with Crippen LogP contribution in [0.5, 0.6) is 0 Å². The van der Waals surface area contributed by atoms with Crippen LogP contribution in [-0.4, -0.2) is 18.8 Å². The Hall–Kier alpha value is -0.0800. The van der Waals surface area contributed by atoms with Gasteiger partial charge in [0.15, 0.2) is 0 Å². The van der Waals surface area contributed by atoms with Gasteiger partial charge >= 0.3 is 0 Å². The van der Waals surface area contributed by atoms with Crippen LogP contribution in [0.25, 0.3) is 0 Å². The Labute approximate surface area is 37.3 Å². The highest BCUT2D eigenvalue weighted by molar-refractivity contribution is 4.80. The second-order valence-corrected chi connectivity index (χ2v) is 1.62. The predicted molar refractivity (Wildman–Crippen MR) is 23.4 cm³/mol. The van der Waals surface area contributed by atoms with E-state index in [4.69, 9.17) is 10.5 Å². The van der Waals surface area contributed by atoms with Crippen molar-refractivity contribution in [3.63, 3.8) is 0 Å². The van der Waals surface area contributed by atoms with E-state index in [9.17, 15) is 0 Å². The molecule has 0 aromatic rings. The zero-order chi connectivity index (χ0) is 4.57. The normalized spacial score (nSPS) is 43.0. The lowest BCUT2D eigenvalue weighted by Gasteiger charge is -1.73. The summed E-state index contributed by atoms with van der Waals surface area (Å²) < 4.78 is 4.94. The number of nitrogens with two attached hydrogens (primary N) is 1. The Morgan fingerprint density at radius 3 is 2.33 bits per heavy atom. The molecule has 2 unspecified atom stereocenters. The van der Waals surface area contributed by atoms with Crippen LogP contribution in [0.1, 0.15) is 6.92 Å². The van der Waals surface area contributed by atoms with Gasteiger partial charge in [-0.3, -0.25) is 0 Å². The van der Waals surface area contributed by atoms with Gasteiger partial charge < -0.3 is 10.5 Å². The molecule has 0 bridgehead atoms. The van der Waals surface area contributed by atoms with Crippen LogP contribution >= 0.6 is 0 Å². The van der Waals surface area contributed by atoms with Crippen LogP contribution in [-0.2, 0) is 4.74 Å². The molecule has 2 N–H and O–H groups in total. The van der Waals surface area contributed by atoms with Gasteiger partial charge in [0.25, 0.3) is 0 Å². The number of epoxide rings is 1. The first-order chi connectivity index (χ1) is 2.84. The molecule has 0 amide bonds. The maximum Gasteiger partial charge on any atom is 0.0960 e. The molecule has 0 saturated carbocycles. The molecule has 1 aliphatic rings. The summed E-state index contributed by atoms with van der Waals surface area (Å²) in [5.74, 6) is 0. The van der Waals surface area contributed by atoms with Crippen molar-refractivity contribution in [3.8, 4) is 0 Å². The lowest BCUT2D eigenvalue weighted by Crippen LogP contribution is -2.07. The van der Waals surface area contributed by atoms with Gasteiger partial charge in [-0.15, -0.1) is 0 Å². The molecule has 0 spiro atoms. The van der Waals surface area contributed by atoms with E-state index in [0.29, 0.717) is 18.8 Å². The molecule has 0 radical (unpaired) electrons. The molecule has 2 heteroatoms. The second kappa shape index (κ2) is 1.21. The first-order valence-corrected chi connectivity index (χ1v) is 2.20. The first-order valence-electron chi connectivity index (χ1n) is 2.20. The molecule has 1 aliphatic heterocycles. The molecule has 1 heterocycles.